The van der Waals surface area contributed by atoms with E-state index in [2.05, 4.69) is 6.07 Å². The van der Waals surface area contributed by atoms with E-state index in [4.69, 9.17) is 10.00 Å². The first-order valence-electron chi connectivity index (χ1n) is 5.26. The van der Waals surface area contributed by atoms with Crippen LogP contribution < -0.4 is 0 Å². The zero-order valence-electron chi connectivity index (χ0n) is 9.46. The predicted molar refractivity (Wildman–Crippen MR) is 62.0 cm³/mol. The van der Waals surface area contributed by atoms with Gasteiger partial charge in [0.15, 0.2) is 9.84 Å². The lowest BCUT2D eigenvalue weighted by Gasteiger charge is -2.08. The van der Waals surface area contributed by atoms with Gasteiger partial charge in [-0.25, -0.2) is 8.42 Å². The maximum Gasteiger partial charge on any atom is 0.182 e. The molecule has 0 N–H and O–H groups in total. The third-order valence-electron chi connectivity index (χ3n) is 3.08. The number of ether oxygens (including phenoxy) is 1. The lowest BCUT2D eigenvalue weighted by molar-refractivity contribution is 0.164. The van der Waals surface area contributed by atoms with E-state index in [1.807, 2.05) is 0 Å². The number of methoxy groups -OCH3 is 1. The van der Waals surface area contributed by atoms with Crippen molar-refractivity contribution in [2.24, 2.45) is 5.41 Å². The zero-order valence-corrected chi connectivity index (χ0v) is 10.3. The van der Waals surface area contributed by atoms with Crippen LogP contribution in [0.1, 0.15) is 6.42 Å². The zero-order chi connectivity index (χ0) is 12.5. The second kappa shape index (κ2) is 4.13. The molecule has 1 aliphatic carbocycles. The van der Waals surface area contributed by atoms with Crippen LogP contribution in [-0.4, -0.2) is 27.4 Å². The number of rotatable bonds is 4. The SMILES string of the molecule is COCC1(C#N)CC1S(=O)(=O)c1ccccc1. The fraction of sp³-hybridized carbons (Fsp3) is 0.417. The van der Waals surface area contributed by atoms with E-state index in [-0.39, 0.29) is 11.5 Å². The van der Waals surface area contributed by atoms with Crippen molar-refractivity contribution >= 4 is 9.84 Å². The van der Waals surface area contributed by atoms with Crippen molar-refractivity contribution < 1.29 is 13.2 Å². The summed E-state index contributed by atoms with van der Waals surface area (Å²) in [6, 6.07) is 10.3. The molecule has 0 bridgehead atoms. The molecule has 0 heterocycles. The molecule has 1 fully saturated rings. The smallest absolute Gasteiger partial charge is 0.182 e. The molecule has 1 aliphatic rings. The van der Waals surface area contributed by atoms with Crippen LogP contribution in [0.2, 0.25) is 0 Å². The number of benzene rings is 1. The van der Waals surface area contributed by atoms with Crippen LogP contribution in [0.3, 0.4) is 0 Å². The summed E-state index contributed by atoms with van der Waals surface area (Å²) < 4.78 is 29.4. The highest BCUT2D eigenvalue weighted by Crippen LogP contribution is 2.52. The molecule has 0 saturated heterocycles. The van der Waals surface area contributed by atoms with Gasteiger partial charge in [0.1, 0.15) is 0 Å². The van der Waals surface area contributed by atoms with E-state index < -0.39 is 20.5 Å². The van der Waals surface area contributed by atoms with E-state index in [1.54, 1.807) is 30.3 Å². The Morgan fingerprint density at radius 1 is 1.47 bits per heavy atom. The molecular weight excluding hydrogens is 238 g/mol. The van der Waals surface area contributed by atoms with Crippen molar-refractivity contribution in [3.63, 3.8) is 0 Å². The van der Waals surface area contributed by atoms with E-state index in [9.17, 15) is 8.42 Å². The van der Waals surface area contributed by atoms with Crippen molar-refractivity contribution in [2.45, 2.75) is 16.6 Å². The Labute approximate surface area is 101 Å². The van der Waals surface area contributed by atoms with Gasteiger partial charge in [-0.05, 0) is 18.6 Å². The van der Waals surface area contributed by atoms with Gasteiger partial charge in [-0.2, -0.15) is 5.26 Å². The largest absolute Gasteiger partial charge is 0.383 e. The van der Waals surface area contributed by atoms with Crippen LogP contribution in [0.4, 0.5) is 0 Å². The van der Waals surface area contributed by atoms with Gasteiger partial charge in [0, 0.05) is 7.11 Å². The Morgan fingerprint density at radius 3 is 2.65 bits per heavy atom. The highest BCUT2D eigenvalue weighted by molar-refractivity contribution is 7.92. The van der Waals surface area contributed by atoms with Crippen molar-refractivity contribution in [2.75, 3.05) is 13.7 Å². The third kappa shape index (κ3) is 1.94. The van der Waals surface area contributed by atoms with Crippen LogP contribution in [0, 0.1) is 16.7 Å². The van der Waals surface area contributed by atoms with Crippen LogP contribution in [0.5, 0.6) is 0 Å². The first-order valence-corrected chi connectivity index (χ1v) is 6.80. The maximum absolute atomic E-state index is 12.2. The molecule has 90 valence electrons. The molecule has 1 aromatic carbocycles. The molecule has 0 radical (unpaired) electrons. The van der Waals surface area contributed by atoms with Gasteiger partial charge in [-0.1, -0.05) is 18.2 Å². The van der Waals surface area contributed by atoms with Crippen molar-refractivity contribution in [3.8, 4) is 6.07 Å². The number of sulfone groups is 1. The molecule has 17 heavy (non-hydrogen) atoms. The molecule has 2 atom stereocenters. The van der Waals surface area contributed by atoms with Crippen LogP contribution in [0.15, 0.2) is 35.2 Å². The number of nitriles is 1. The first-order chi connectivity index (χ1) is 8.07. The molecule has 0 amide bonds. The fourth-order valence-corrected chi connectivity index (χ4v) is 4.11. The monoisotopic (exact) mass is 251 g/mol. The summed E-state index contributed by atoms with van der Waals surface area (Å²) in [5.41, 5.74) is -0.858. The Morgan fingerprint density at radius 2 is 2.12 bits per heavy atom. The summed E-state index contributed by atoms with van der Waals surface area (Å²) in [5, 5.41) is 8.44. The van der Waals surface area contributed by atoms with E-state index in [0.717, 1.165) is 0 Å². The van der Waals surface area contributed by atoms with Crippen LogP contribution in [0.25, 0.3) is 0 Å². The molecule has 5 heteroatoms. The predicted octanol–water partition coefficient (Wildman–Crippen LogP) is 1.39. The Hall–Kier alpha value is -1.38. The molecule has 2 unspecified atom stereocenters. The summed E-state index contributed by atoms with van der Waals surface area (Å²) in [7, 11) is -1.93. The molecule has 0 spiro atoms. The third-order valence-corrected chi connectivity index (χ3v) is 5.37. The van der Waals surface area contributed by atoms with Crippen molar-refractivity contribution in [1.82, 2.24) is 0 Å². The average molecular weight is 251 g/mol. The standard InChI is InChI=1S/C12H13NO3S/c1-16-9-12(8-13)7-11(12)17(14,15)10-5-3-2-4-6-10/h2-6,11H,7,9H2,1H3. The second-order valence-corrected chi connectivity index (χ2v) is 6.38. The highest BCUT2D eigenvalue weighted by atomic mass is 32.2. The fourth-order valence-electron chi connectivity index (χ4n) is 2.01. The average Bonchev–Trinajstić information content (AvgIpc) is 3.07. The lowest BCUT2D eigenvalue weighted by atomic mass is 10.1. The van der Waals surface area contributed by atoms with Crippen molar-refractivity contribution in [1.29, 1.82) is 5.26 Å². The molecule has 1 saturated carbocycles. The van der Waals surface area contributed by atoms with E-state index in [1.165, 1.54) is 7.11 Å². The number of hydrogen-bond donors (Lipinski definition) is 0. The van der Waals surface area contributed by atoms with Crippen molar-refractivity contribution in [3.05, 3.63) is 30.3 Å². The maximum atomic E-state index is 12.2. The normalized spacial score (nSPS) is 27.4. The minimum atomic E-state index is -3.41. The van der Waals surface area contributed by atoms with Crippen LogP contribution in [-0.2, 0) is 14.6 Å². The molecule has 0 aromatic heterocycles. The highest BCUT2D eigenvalue weighted by Gasteiger charge is 2.62. The van der Waals surface area contributed by atoms with Gasteiger partial charge in [0.2, 0.25) is 0 Å². The Kier molecular flexibility index (Phi) is 2.94. The van der Waals surface area contributed by atoms with Gasteiger partial charge in [-0.15, -0.1) is 0 Å². The minimum absolute atomic E-state index is 0.167. The molecule has 1 aromatic rings. The van der Waals surface area contributed by atoms with E-state index in [0.29, 0.717) is 6.42 Å². The summed E-state index contributed by atoms with van der Waals surface area (Å²) in [6.45, 7) is 0.167. The molecule has 4 nitrogen and oxygen atoms in total. The van der Waals surface area contributed by atoms with E-state index >= 15 is 0 Å². The number of nitrogens with zero attached hydrogens (tertiary/aromatic N) is 1. The second-order valence-electron chi connectivity index (χ2n) is 4.25. The van der Waals surface area contributed by atoms with Gasteiger partial charge < -0.3 is 4.74 Å². The Bertz CT molecular complexity index is 547. The van der Waals surface area contributed by atoms with Gasteiger partial charge in [0.25, 0.3) is 0 Å². The summed E-state index contributed by atoms with van der Waals surface area (Å²) in [4.78, 5) is 0.276. The summed E-state index contributed by atoms with van der Waals surface area (Å²) in [5.74, 6) is 0. The first kappa shape index (κ1) is 12.1. The topological polar surface area (TPSA) is 67.2 Å². The summed E-state index contributed by atoms with van der Waals surface area (Å²) >= 11 is 0. The quantitative estimate of drug-likeness (QED) is 0.811. The van der Waals surface area contributed by atoms with Gasteiger partial charge >= 0.3 is 0 Å². The number of hydrogen-bond acceptors (Lipinski definition) is 4. The summed E-state index contributed by atoms with van der Waals surface area (Å²) in [6.07, 6.45) is 0.356. The van der Waals surface area contributed by atoms with Gasteiger partial charge in [-0.3, -0.25) is 0 Å². The lowest BCUT2D eigenvalue weighted by Crippen LogP contribution is -2.19. The minimum Gasteiger partial charge on any atom is -0.383 e. The molecule has 0 aliphatic heterocycles. The molecular formula is C12H13NO3S. The van der Waals surface area contributed by atoms with Crippen LogP contribution >= 0.6 is 0 Å². The Balaban J connectivity index is 2.30. The van der Waals surface area contributed by atoms with Gasteiger partial charge in [0.05, 0.1) is 28.2 Å². The molecule has 2 rings (SSSR count).